The molecule has 1 saturated carbocycles. The maximum absolute atomic E-state index is 6.00. The van der Waals surface area contributed by atoms with Crippen molar-refractivity contribution in [1.82, 2.24) is 5.32 Å². The number of fused-ring (bicyclic) bond motifs is 1. The van der Waals surface area contributed by atoms with Crippen molar-refractivity contribution in [3.05, 3.63) is 28.8 Å². The summed E-state index contributed by atoms with van der Waals surface area (Å²) in [4.78, 5) is 1.40. The lowest BCUT2D eigenvalue weighted by Crippen LogP contribution is -2.23. The van der Waals surface area contributed by atoms with E-state index >= 15 is 0 Å². The van der Waals surface area contributed by atoms with Gasteiger partial charge in [-0.05, 0) is 36.6 Å². The van der Waals surface area contributed by atoms with E-state index in [9.17, 15) is 0 Å². The molecule has 0 amide bonds. The van der Waals surface area contributed by atoms with Gasteiger partial charge in [0.15, 0.2) is 0 Å². The zero-order valence-electron chi connectivity index (χ0n) is 7.79. The molecule has 2 aliphatic rings. The summed E-state index contributed by atoms with van der Waals surface area (Å²) in [6.45, 7) is 0. The fourth-order valence-corrected chi connectivity index (χ4v) is 3.19. The molecule has 0 bridgehead atoms. The second-order valence-electron chi connectivity index (χ2n) is 3.99. The van der Waals surface area contributed by atoms with Gasteiger partial charge in [-0.1, -0.05) is 11.6 Å². The number of hydrogen-bond donors (Lipinski definition) is 1. The highest BCUT2D eigenvalue weighted by atomic mass is 35.5. The zero-order valence-corrected chi connectivity index (χ0v) is 9.37. The minimum Gasteiger partial charge on any atom is -0.306 e. The van der Waals surface area contributed by atoms with Gasteiger partial charge in [0.1, 0.15) is 0 Å². The van der Waals surface area contributed by atoms with Crippen molar-refractivity contribution >= 4 is 23.4 Å². The first-order valence-corrected chi connectivity index (χ1v) is 6.37. The summed E-state index contributed by atoms with van der Waals surface area (Å²) in [6.07, 6.45) is 2.69. The van der Waals surface area contributed by atoms with Gasteiger partial charge < -0.3 is 5.32 Å². The maximum Gasteiger partial charge on any atom is 0.0429 e. The Labute approximate surface area is 93.2 Å². The van der Waals surface area contributed by atoms with Crippen LogP contribution in [0.15, 0.2) is 23.1 Å². The Balaban J connectivity index is 1.87. The van der Waals surface area contributed by atoms with E-state index in [1.807, 2.05) is 17.8 Å². The van der Waals surface area contributed by atoms with Crippen LogP contribution in [-0.2, 0) is 0 Å². The fourth-order valence-electron chi connectivity index (χ4n) is 1.86. The third-order valence-electron chi connectivity index (χ3n) is 2.77. The molecule has 1 fully saturated rings. The number of nitrogens with one attached hydrogen (secondary N) is 1. The summed E-state index contributed by atoms with van der Waals surface area (Å²) < 4.78 is 0. The van der Waals surface area contributed by atoms with E-state index in [1.165, 1.54) is 23.3 Å². The molecule has 1 aromatic carbocycles. The van der Waals surface area contributed by atoms with Gasteiger partial charge in [0.2, 0.25) is 0 Å². The molecule has 3 heteroatoms. The average molecular weight is 226 g/mol. The van der Waals surface area contributed by atoms with Gasteiger partial charge in [0.05, 0.1) is 0 Å². The largest absolute Gasteiger partial charge is 0.306 e. The Bertz CT molecular complexity index is 362. The molecule has 0 aromatic heterocycles. The predicted octanol–water partition coefficient (Wildman–Crippen LogP) is 3.24. The first-order valence-electron chi connectivity index (χ1n) is 5.01. The van der Waals surface area contributed by atoms with E-state index in [4.69, 9.17) is 11.6 Å². The summed E-state index contributed by atoms with van der Waals surface area (Å²) in [5.41, 5.74) is 1.40. The molecule has 14 heavy (non-hydrogen) atoms. The summed E-state index contributed by atoms with van der Waals surface area (Å²) in [5.74, 6) is 1.16. The summed E-state index contributed by atoms with van der Waals surface area (Å²) in [6, 6.07) is 7.52. The van der Waals surface area contributed by atoms with Gasteiger partial charge in [-0.2, -0.15) is 0 Å². The molecule has 3 rings (SSSR count). The van der Waals surface area contributed by atoms with Gasteiger partial charge in [-0.15, -0.1) is 11.8 Å². The monoisotopic (exact) mass is 225 g/mol. The molecule has 1 unspecified atom stereocenters. The molecule has 1 heterocycles. The second kappa shape index (κ2) is 3.44. The molecule has 0 spiro atoms. The highest BCUT2D eigenvalue weighted by molar-refractivity contribution is 7.99. The van der Waals surface area contributed by atoms with Crippen molar-refractivity contribution in [2.24, 2.45) is 0 Å². The van der Waals surface area contributed by atoms with Crippen molar-refractivity contribution < 1.29 is 0 Å². The van der Waals surface area contributed by atoms with Crippen LogP contribution in [-0.4, -0.2) is 11.8 Å². The summed E-state index contributed by atoms with van der Waals surface area (Å²) >= 11 is 7.94. The molecule has 1 atom stereocenters. The smallest absolute Gasteiger partial charge is 0.0429 e. The molecular weight excluding hydrogens is 214 g/mol. The third kappa shape index (κ3) is 1.67. The molecule has 1 aromatic rings. The van der Waals surface area contributed by atoms with E-state index in [-0.39, 0.29) is 0 Å². The van der Waals surface area contributed by atoms with Crippen molar-refractivity contribution in [3.63, 3.8) is 0 Å². The molecule has 0 radical (unpaired) electrons. The van der Waals surface area contributed by atoms with Gasteiger partial charge in [-0.25, -0.2) is 0 Å². The lowest BCUT2D eigenvalue weighted by Gasteiger charge is -2.12. The van der Waals surface area contributed by atoms with E-state index in [0.29, 0.717) is 6.04 Å². The number of thioether (sulfide) groups is 1. The van der Waals surface area contributed by atoms with Gasteiger partial charge in [-0.3, -0.25) is 0 Å². The Morgan fingerprint density at radius 1 is 1.36 bits per heavy atom. The minimum absolute atomic E-state index is 0.529. The minimum atomic E-state index is 0.529. The molecule has 1 N–H and O–H groups in total. The topological polar surface area (TPSA) is 12.0 Å². The Kier molecular flexibility index (Phi) is 2.23. The molecule has 1 nitrogen and oxygen atoms in total. The maximum atomic E-state index is 6.00. The van der Waals surface area contributed by atoms with Crippen LogP contribution >= 0.6 is 23.4 Å². The highest BCUT2D eigenvalue weighted by Gasteiger charge is 2.29. The molecular formula is C11H12ClNS. The van der Waals surface area contributed by atoms with E-state index in [2.05, 4.69) is 17.4 Å². The summed E-state index contributed by atoms with van der Waals surface area (Å²) in [7, 11) is 0. The molecule has 1 aliphatic heterocycles. The van der Waals surface area contributed by atoms with Crippen LogP contribution in [0.1, 0.15) is 24.4 Å². The van der Waals surface area contributed by atoms with Crippen molar-refractivity contribution in [3.8, 4) is 0 Å². The van der Waals surface area contributed by atoms with Gasteiger partial charge in [0, 0.05) is 27.8 Å². The average Bonchev–Trinajstić information content (AvgIpc) is 2.90. The Morgan fingerprint density at radius 3 is 3.00 bits per heavy atom. The fraction of sp³-hybridized carbons (Fsp3) is 0.455. The predicted molar refractivity (Wildman–Crippen MR) is 61.1 cm³/mol. The third-order valence-corrected chi connectivity index (χ3v) is 4.18. The molecule has 74 valence electrons. The molecule has 1 aliphatic carbocycles. The van der Waals surface area contributed by atoms with Crippen LogP contribution in [0, 0.1) is 0 Å². The SMILES string of the molecule is Clc1ccc2c(c1)C(NC1CC1)CS2. The van der Waals surface area contributed by atoms with Crippen LogP contribution in [0.5, 0.6) is 0 Å². The van der Waals surface area contributed by atoms with Gasteiger partial charge in [0.25, 0.3) is 0 Å². The van der Waals surface area contributed by atoms with E-state index < -0.39 is 0 Å². The number of rotatable bonds is 2. The number of benzene rings is 1. The van der Waals surface area contributed by atoms with Crippen LogP contribution in [0.25, 0.3) is 0 Å². The lowest BCUT2D eigenvalue weighted by atomic mass is 10.1. The standard InChI is InChI=1S/C11H12ClNS/c12-7-1-4-11-9(5-7)10(6-14-11)13-8-2-3-8/h1,4-5,8,10,13H,2-3,6H2. The van der Waals surface area contributed by atoms with Crippen LogP contribution < -0.4 is 5.32 Å². The normalized spacial score (nSPS) is 25.1. The first kappa shape index (κ1) is 9.08. The van der Waals surface area contributed by atoms with E-state index in [1.54, 1.807) is 0 Å². The number of halogens is 1. The second-order valence-corrected chi connectivity index (χ2v) is 5.48. The highest BCUT2D eigenvalue weighted by Crippen LogP contribution is 2.40. The van der Waals surface area contributed by atoms with Crippen molar-refractivity contribution in [1.29, 1.82) is 0 Å². The van der Waals surface area contributed by atoms with Crippen molar-refractivity contribution in [2.75, 3.05) is 5.75 Å². The van der Waals surface area contributed by atoms with Crippen molar-refractivity contribution in [2.45, 2.75) is 29.8 Å². The first-order chi connectivity index (χ1) is 6.83. The van der Waals surface area contributed by atoms with Crippen LogP contribution in [0.4, 0.5) is 0 Å². The van der Waals surface area contributed by atoms with Crippen LogP contribution in [0.3, 0.4) is 0 Å². The van der Waals surface area contributed by atoms with Crippen LogP contribution in [0.2, 0.25) is 5.02 Å². The van der Waals surface area contributed by atoms with Gasteiger partial charge >= 0.3 is 0 Å². The summed E-state index contributed by atoms with van der Waals surface area (Å²) in [5, 5.41) is 4.51. The van der Waals surface area contributed by atoms with E-state index in [0.717, 1.165) is 16.8 Å². The number of hydrogen-bond acceptors (Lipinski definition) is 2. The lowest BCUT2D eigenvalue weighted by molar-refractivity contribution is 0.580. The molecule has 0 saturated heterocycles. The zero-order chi connectivity index (χ0) is 9.54. The Morgan fingerprint density at radius 2 is 2.21 bits per heavy atom. The Hall–Kier alpha value is -0.180. The quantitative estimate of drug-likeness (QED) is 0.830.